The monoisotopic (exact) mass is 379 g/mol. The fourth-order valence-electron chi connectivity index (χ4n) is 1.98. The maximum Gasteiger partial charge on any atom is 0.311 e. The fourth-order valence-corrected chi connectivity index (χ4v) is 3.84. The molecule has 7 heteroatoms. The number of carbonyl (C=O) groups is 2. The Morgan fingerprint density at radius 1 is 1.16 bits per heavy atom. The van der Waals surface area contributed by atoms with Crippen molar-refractivity contribution < 1.29 is 19.1 Å². The third-order valence-corrected chi connectivity index (χ3v) is 5.31. The number of esters is 2. The van der Waals surface area contributed by atoms with E-state index < -0.39 is 0 Å². The van der Waals surface area contributed by atoms with Gasteiger partial charge in [0, 0.05) is 17.6 Å². The second kappa shape index (κ2) is 10.9. The molecular formula is C18H21NO4S2. The Labute approximate surface area is 155 Å². The van der Waals surface area contributed by atoms with E-state index in [0.717, 1.165) is 27.8 Å². The summed E-state index contributed by atoms with van der Waals surface area (Å²) in [5, 5.41) is 1.87. The van der Waals surface area contributed by atoms with Gasteiger partial charge in [-0.05, 0) is 18.9 Å². The van der Waals surface area contributed by atoms with Crippen LogP contribution in [0.25, 0.3) is 0 Å². The minimum Gasteiger partial charge on any atom is -0.466 e. The Hall–Kier alpha value is -1.86. The summed E-state index contributed by atoms with van der Waals surface area (Å²) in [6.07, 6.45) is 1.32. The number of hydrogen-bond donors (Lipinski definition) is 0. The first-order valence-electron chi connectivity index (χ1n) is 8.09. The summed E-state index contributed by atoms with van der Waals surface area (Å²) in [6, 6.07) is 9.63. The molecule has 0 spiro atoms. The molecule has 134 valence electrons. The molecule has 0 saturated carbocycles. The van der Waals surface area contributed by atoms with Gasteiger partial charge >= 0.3 is 11.9 Å². The van der Waals surface area contributed by atoms with Gasteiger partial charge in [0.15, 0.2) is 0 Å². The molecule has 0 N–H and O–H groups in total. The first-order valence-corrected chi connectivity index (χ1v) is 9.96. The first kappa shape index (κ1) is 19.5. The van der Waals surface area contributed by atoms with Crippen molar-refractivity contribution in [2.75, 3.05) is 12.4 Å². The Morgan fingerprint density at radius 3 is 2.72 bits per heavy atom. The van der Waals surface area contributed by atoms with Crippen LogP contribution in [0.15, 0.2) is 40.1 Å². The zero-order valence-electron chi connectivity index (χ0n) is 14.1. The van der Waals surface area contributed by atoms with Crippen LogP contribution >= 0.6 is 23.1 Å². The summed E-state index contributed by atoms with van der Waals surface area (Å²) >= 11 is 3.09. The van der Waals surface area contributed by atoms with E-state index in [1.165, 1.54) is 11.3 Å². The summed E-state index contributed by atoms with van der Waals surface area (Å²) in [5.41, 5.74) is 1.72. The lowest BCUT2D eigenvalue weighted by atomic mass is 10.2. The van der Waals surface area contributed by atoms with E-state index in [1.807, 2.05) is 35.7 Å². The molecule has 0 aliphatic heterocycles. The van der Waals surface area contributed by atoms with E-state index in [9.17, 15) is 9.59 Å². The first-order chi connectivity index (χ1) is 12.2. The third-order valence-electron chi connectivity index (χ3n) is 3.15. The second-order valence-corrected chi connectivity index (χ2v) is 7.38. The molecule has 0 aliphatic carbocycles. The second-order valence-electron chi connectivity index (χ2n) is 5.18. The summed E-state index contributed by atoms with van der Waals surface area (Å²) < 4.78 is 11.0. The van der Waals surface area contributed by atoms with Crippen molar-refractivity contribution in [3.63, 3.8) is 0 Å². The van der Waals surface area contributed by atoms with Crippen LogP contribution in [0.3, 0.4) is 0 Å². The van der Waals surface area contributed by atoms with Gasteiger partial charge in [-0.25, -0.2) is 4.98 Å². The van der Waals surface area contributed by atoms with Gasteiger partial charge in [-0.2, -0.15) is 0 Å². The third kappa shape index (κ3) is 7.70. The number of nitrogens with zero attached hydrogens (tertiary/aromatic N) is 1. The predicted molar refractivity (Wildman–Crippen MR) is 98.6 cm³/mol. The molecule has 1 heterocycles. The molecule has 0 fully saturated rings. The highest BCUT2D eigenvalue weighted by Gasteiger charge is 2.09. The number of thioether (sulfide) groups is 1. The van der Waals surface area contributed by atoms with Gasteiger partial charge in [0.1, 0.15) is 10.9 Å². The number of thiazole rings is 1. The highest BCUT2D eigenvalue weighted by atomic mass is 32.2. The minimum absolute atomic E-state index is 0.188. The molecule has 1 aromatic heterocycles. The van der Waals surface area contributed by atoms with Crippen molar-refractivity contribution in [2.45, 2.75) is 37.1 Å². The van der Waals surface area contributed by atoms with E-state index in [2.05, 4.69) is 4.98 Å². The van der Waals surface area contributed by atoms with Gasteiger partial charge in [0.05, 0.1) is 18.7 Å². The Kier molecular flexibility index (Phi) is 8.48. The zero-order valence-corrected chi connectivity index (χ0v) is 15.7. The van der Waals surface area contributed by atoms with Crippen LogP contribution in [0.2, 0.25) is 0 Å². The average Bonchev–Trinajstić information content (AvgIpc) is 3.05. The molecule has 2 aromatic rings. The van der Waals surface area contributed by atoms with Crippen LogP contribution < -0.4 is 0 Å². The maximum atomic E-state index is 11.7. The molecule has 0 amide bonds. The number of ether oxygens (including phenoxy) is 2. The highest BCUT2D eigenvalue weighted by molar-refractivity contribution is 8.01. The fraction of sp³-hybridized carbons (Fsp3) is 0.389. The smallest absolute Gasteiger partial charge is 0.311 e. The molecule has 0 saturated heterocycles. The van der Waals surface area contributed by atoms with Crippen LogP contribution in [0, 0.1) is 0 Å². The molecule has 25 heavy (non-hydrogen) atoms. The van der Waals surface area contributed by atoms with E-state index in [0.29, 0.717) is 19.6 Å². The summed E-state index contributed by atoms with van der Waals surface area (Å²) in [7, 11) is 0. The molecule has 0 atom stereocenters. The predicted octanol–water partition coefficient (Wildman–Crippen LogP) is 3.86. The van der Waals surface area contributed by atoms with E-state index in [4.69, 9.17) is 9.47 Å². The number of benzene rings is 1. The molecular weight excluding hydrogens is 358 g/mol. The number of carbonyl (C=O) groups excluding carboxylic acids is 2. The Morgan fingerprint density at radius 2 is 1.96 bits per heavy atom. The number of aromatic nitrogens is 1. The molecule has 0 bridgehead atoms. The maximum absolute atomic E-state index is 11.7. The lowest BCUT2D eigenvalue weighted by molar-refractivity contribution is -0.145. The minimum atomic E-state index is -0.259. The zero-order chi connectivity index (χ0) is 17.9. The highest BCUT2D eigenvalue weighted by Crippen LogP contribution is 2.24. The molecule has 0 aliphatic rings. The van der Waals surface area contributed by atoms with Crippen molar-refractivity contribution in [1.29, 1.82) is 0 Å². The van der Waals surface area contributed by atoms with Crippen LogP contribution in [-0.4, -0.2) is 29.3 Å². The SMILES string of the molecule is CCOC(=O)Cc1csc(SCCCC(=O)OCc2ccccc2)n1. The van der Waals surface area contributed by atoms with Crippen molar-refractivity contribution in [3.8, 4) is 0 Å². The average molecular weight is 380 g/mol. The van der Waals surface area contributed by atoms with Crippen molar-refractivity contribution >= 4 is 35.0 Å². The van der Waals surface area contributed by atoms with Crippen molar-refractivity contribution in [2.24, 2.45) is 0 Å². The van der Waals surface area contributed by atoms with Gasteiger partial charge in [0.2, 0.25) is 0 Å². The van der Waals surface area contributed by atoms with Crippen LogP contribution in [-0.2, 0) is 32.1 Å². The van der Waals surface area contributed by atoms with E-state index in [-0.39, 0.29) is 18.4 Å². The Balaban J connectivity index is 1.60. The van der Waals surface area contributed by atoms with Gasteiger partial charge in [-0.15, -0.1) is 11.3 Å². The quantitative estimate of drug-likeness (QED) is 0.355. The van der Waals surface area contributed by atoms with E-state index in [1.54, 1.807) is 18.7 Å². The molecule has 2 rings (SSSR count). The number of rotatable bonds is 10. The van der Waals surface area contributed by atoms with Crippen LogP contribution in [0.4, 0.5) is 0 Å². The molecule has 0 unspecified atom stereocenters. The van der Waals surface area contributed by atoms with Gasteiger partial charge in [0.25, 0.3) is 0 Å². The summed E-state index contributed by atoms with van der Waals surface area (Å²) in [4.78, 5) is 27.5. The van der Waals surface area contributed by atoms with Crippen LogP contribution in [0.1, 0.15) is 31.0 Å². The lowest BCUT2D eigenvalue weighted by Gasteiger charge is -2.04. The van der Waals surface area contributed by atoms with Gasteiger partial charge in [-0.3, -0.25) is 9.59 Å². The van der Waals surface area contributed by atoms with E-state index >= 15 is 0 Å². The topological polar surface area (TPSA) is 65.5 Å². The van der Waals surface area contributed by atoms with Crippen molar-refractivity contribution in [3.05, 3.63) is 47.0 Å². The van der Waals surface area contributed by atoms with Crippen molar-refractivity contribution in [1.82, 2.24) is 4.98 Å². The molecule has 5 nitrogen and oxygen atoms in total. The summed E-state index contributed by atoms with van der Waals surface area (Å²) in [6.45, 7) is 2.48. The standard InChI is InChI=1S/C18H21NO4S2/c1-2-22-17(21)11-15-13-25-18(19-15)24-10-6-9-16(20)23-12-14-7-4-3-5-8-14/h3-5,7-8,13H,2,6,9-12H2,1H3. The largest absolute Gasteiger partial charge is 0.466 e. The normalized spacial score (nSPS) is 10.4. The van der Waals surface area contributed by atoms with Gasteiger partial charge in [-0.1, -0.05) is 42.1 Å². The Bertz CT molecular complexity index is 673. The molecule has 1 aromatic carbocycles. The summed E-state index contributed by atoms with van der Waals surface area (Å²) in [5.74, 6) is 0.337. The lowest BCUT2D eigenvalue weighted by Crippen LogP contribution is -2.07. The van der Waals surface area contributed by atoms with Crippen LogP contribution in [0.5, 0.6) is 0 Å². The van der Waals surface area contributed by atoms with Gasteiger partial charge < -0.3 is 9.47 Å². The number of hydrogen-bond acceptors (Lipinski definition) is 7. The molecule has 0 radical (unpaired) electrons.